The van der Waals surface area contributed by atoms with E-state index in [9.17, 15) is 13.2 Å². The summed E-state index contributed by atoms with van der Waals surface area (Å²) in [6.45, 7) is 5.31. The Kier molecular flexibility index (Phi) is 5.97. The van der Waals surface area contributed by atoms with Crippen molar-refractivity contribution in [1.29, 1.82) is 0 Å². The first-order valence-electron chi connectivity index (χ1n) is 6.99. The van der Waals surface area contributed by atoms with Crippen molar-refractivity contribution in [3.63, 3.8) is 0 Å². The highest BCUT2D eigenvalue weighted by molar-refractivity contribution is 7.88. The molecule has 0 aromatic carbocycles. The SMILES string of the molecule is CC(C)(CCO)CNC(=O)C1CCCN(S(C)(=O)=O)C1. The number of sulfonamides is 1. The van der Waals surface area contributed by atoms with E-state index in [1.165, 1.54) is 10.6 Å². The molecule has 1 heterocycles. The zero-order chi connectivity index (χ0) is 15.4. The van der Waals surface area contributed by atoms with Crippen molar-refractivity contribution in [2.24, 2.45) is 11.3 Å². The van der Waals surface area contributed by atoms with Crippen molar-refractivity contribution in [2.75, 3.05) is 32.5 Å². The molecule has 1 aliphatic rings. The lowest BCUT2D eigenvalue weighted by Crippen LogP contribution is -2.46. The minimum atomic E-state index is -3.22. The van der Waals surface area contributed by atoms with Gasteiger partial charge in [-0.25, -0.2) is 12.7 Å². The summed E-state index contributed by atoms with van der Waals surface area (Å²) in [6, 6.07) is 0. The lowest BCUT2D eigenvalue weighted by atomic mass is 9.89. The lowest BCUT2D eigenvalue weighted by Gasteiger charge is -2.31. The molecule has 118 valence electrons. The molecule has 0 bridgehead atoms. The minimum absolute atomic E-state index is 0.0914. The number of piperidine rings is 1. The summed E-state index contributed by atoms with van der Waals surface area (Å²) < 4.78 is 24.4. The van der Waals surface area contributed by atoms with Gasteiger partial charge in [-0.05, 0) is 24.7 Å². The molecular weight excluding hydrogens is 280 g/mol. The Hall–Kier alpha value is -0.660. The second kappa shape index (κ2) is 6.87. The standard InChI is InChI=1S/C13H26N2O4S/c1-13(2,6-8-16)10-14-12(17)11-5-4-7-15(9-11)20(3,18)19/h11,16H,4-10H2,1-3H3,(H,14,17). The zero-order valence-corrected chi connectivity index (χ0v) is 13.4. The summed E-state index contributed by atoms with van der Waals surface area (Å²) in [5, 5.41) is 11.8. The molecule has 1 rings (SSSR count). The van der Waals surface area contributed by atoms with Crippen molar-refractivity contribution in [2.45, 2.75) is 33.1 Å². The topological polar surface area (TPSA) is 86.7 Å². The molecule has 6 nitrogen and oxygen atoms in total. The predicted octanol–water partition coefficient (Wildman–Crippen LogP) is 0.183. The third-order valence-corrected chi connectivity index (χ3v) is 5.02. The van der Waals surface area contributed by atoms with Gasteiger partial charge >= 0.3 is 0 Å². The Labute approximate surface area is 121 Å². The van der Waals surface area contributed by atoms with E-state index in [0.717, 1.165) is 6.42 Å². The largest absolute Gasteiger partial charge is 0.396 e. The molecule has 0 saturated carbocycles. The van der Waals surface area contributed by atoms with Gasteiger partial charge < -0.3 is 10.4 Å². The van der Waals surface area contributed by atoms with Crippen LogP contribution >= 0.6 is 0 Å². The molecule has 0 radical (unpaired) electrons. The van der Waals surface area contributed by atoms with Gasteiger partial charge in [0.15, 0.2) is 0 Å². The van der Waals surface area contributed by atoms with Gasteiger partial charge in [-0.2, -0.15) is 0 Å². The number of aliphatic hydroxyl groups excluding tert-OH is 1. The van der Waals surface area contributed by atoms with Gasteiger partial charge in [-0.1, -0.05) is 13.8 Å². The molecule has 1 aliphatic heterocycles. The number of amides is 1. The maximum atomic E-state index is 12.1. The first kappa shape index (κ1) is 17.4. The normalized spacial score (nSPS) is 21.7. The van der Waals surface area contributed by atoms with E-state index >= 15 is 0 Å². The fraction of sp³-hybridized carbons (Fsp3) is 0.923. The highest BCUT2D eigenvalue weighted by Crippen LogP contribution is 2.21. The van der Waals surface area contributed by atoms with Gasteiger partial charge in [-0.15, -0.1) is 0 Å². The molecule has 7 heteroatoms. The van der Waals surface area contributed by atoms with E-state index in [1.54, 1.807) is 0 Å². The molecule has 1 fully saturated rings. The summed E-state index contributed by atoms with van der Waals surface area (Å²) in [5.74, 6) is -0.368. The molecule has 1 saturated heterocycles. The molecule has 0 aliphatic carbocycles. The molecule has 1 unspecified atom stereocenters. The monoisotopic (exact) mass is 306 g/mol. The van der Waals surface area contributed by atoms with Crippen LogP contribution in [0.15, 0.2) is 0 Å². The number of carbonyl (C=O) groups is 1. The van der Waals surface area contributed by atoms with Crippen LogP contribution in [0.3, 0.4) is 0 Å². The van der Waals surface area contributed by atoms with Crippen molar-refractivity contribution in [3.05, 3.63) is 0 Å². The highest BCUT2D eigenvalue weighted by atomic mass is 32.2. The van der Waals surface area contributed by atoms with E-state index in [-0.39, 0.29) is 30.4 Å². The van der Waals surface area contributed by atoms with Gasteiger partial charge in [0.2, 0.25) is 15.9 Å². The van der Waals surface area contributed by atoms with Crippen LogP contribution in [0.1, 0.15) is 33.1 Å². The lowest BCUT2D eigenvalue weighted by molar-refractivity contribution is -0.126. The summed E-state index contributed by atoms with van der Waals surface area (Å²) in [7, 11) is -3.22. The molecule has 1 atom stereocenters. The summed E-state index contributed by atoms with van der Waals surface area (Å²) in [6.07, 6.45) is 3.23. The van der Waals surface area contributed by atoms with Crippen molar-refractivity contribution < 1.29 is 18.3 Å². The van der Waals surface area contributed by atoms with Crippen LogP contribution in [0.5, 0.6) is 0 Å². The quantitative estimate of drug-likeness (QED) is 0.733. The van der Waals surface area contributed by atoms with E-state index in [0.29, 0.717) is 25.9 Å². The summed E-state index contributed by atoms with van der Waals surface area (Å²) in [5.41, 5.74) is -0.157. The first-order chi connectivity index (χ1) is 9.15. The molecule has 20 heavy (non-hydrogen) atoms. The number of aliphatic hydroxyl groups is 1. The number of rotatable bonds is 6. The third kappa shape index (κ3) is 5.38. The second-order valence-corrected chi connectivity index (χ2v) is 8.30. The Morgan fingerprint density at radius 3 is 2.65 bits per heavy atom. The van der Waals surface area contributed by atoms with Crippen LogP contribution in [0.4, 0.5) is 0 Å². The Bertz CT molecular complexity index is 434. The van der Waals surface area contributed by atoms with Crippen LogP contribution in [0, 0.1) is 11.3 Å². The average molecular weight is 306 g/mol. The van der Waals surface area contributed by atoms with Gasteiger partial charge in [-0.3, -0.25) is 4.79 Å². The summed E-state index contributed by atoms with van der Waals surface area (Å²) in [4.78, 5) is 12.1. The van der Waals surface area contributed by atoms with E-state index in [1.807, 2.05) is 13.8 Å². The van der Waals surface area contributed by atoms with Crippen molar-refractivity contribution >= 4 is 15.9 Å². The maximum Gasteiger partial charge on any atom is 0.224 e. The Balaban J connectivity index is 2.51. The number of carbonyl (C=O) groups excluding carboxylic acids is 1. The number of nitrogens with zero attached hydrogens (tertiary/aromatic N) is 1. The molecule has 2 N–H and O–H groups in total. The van der Waals surface area contributed by atoms with Crippen molar-refractivity contribution in [1.82, 2.24) is 9.62 Å². The summed E-state index contributed by atoms with van der Waals surface area (Å²) >= 11 is 0. The van der Waals surface area contributed by atoms with Crippen LogP contribution in [-0.2, 0) is 14.8 Å². The third-order valence-electron chi connectivity index (χ3n) is 3.75. The predicted molar refractivity (Wildman–Crippen MR) is 77.6 cm³/mol. The molecular formula is C13H26N2O4S. The fourth-order valence-corrected chi connectivity index (χ4v) is 3.23. The molecule has 1 amide bonds. The Morgan fingerprint density at radius 2 is 2.10 bits per heavy atom. The molecule has 0 spiro atoms. The van der Waals surface area contributed by atoms with Gasteiger partial charge in [0, 0.05) is 26.2 Å². The van der Waals surface area contributed by atoms with Crippen molar-refractivity contribution in [3.8, 4) is 0 Å². The van der Waals surface area contributed by atoms with Crippen LogP contribution in [0.2, 0.25) is 0 Å². The fourth-order valence-electron chi connectivity index (χ4n) is 2.32. The van der Waals surface area contributed by atoms with Gasteiger partial charge in [0.25, 0.3) is 0 Å². The van der Waals surface area contributed by atoms with Crippen LogP contribution in [0.25, 0.3) is 0 Å². The average Bonchev–Trinajstić information content (AvgIpc) is 2.35. The molecule has 0 aromatic rings. The maximum absolute atomic E-state index is 12.1. The number of hydrogen-bond donors (Lipinski definition) is 2. The van der Waals surface area contributed by atoms with E-state index in [2.05, 4.69) is 5.32 Å². The minimum Gasteiger partial charge on any atom is -0.396 e. The molecule has 0 aromatic heterocycles. The smallest absolute Gasteiger partial charge is 0.224 e. The van der Waals surface area contributed by atoms with E-state index < -0.39 is 10.0 Å². The van der Waals surface area contributed by atoms with E-state index in [4.69, 9.17) is 5.11 Å². The van der Waals surface area contributed by atoms with Crippen LogP contribution < -0.4 is 5.32 Å². The first-order valence-corrected chi connectivity index (χ1v) is 8.84. The van der Waals surface area contributed by atoms with Gasteiger partial charge in [0.1, 0.15) is 0 Å². The van der Waals surface area contributed by atoms with Crippen LogP contribution in [-0.4, -0.2) is 56.2 Å². The Morgan fingerprint density at radius 1 is 1.45 bits per heavy atom. The number of hydrogen-bond acceptors (Lipinski definition) is 4. The zero-order valence-electron chi connectivity index (χ0n) is 12.6. The highest BCUT2D eigenvalue weighted by Gasteiger charge is 2.30. The number of nitrogens with one attached hydrogen (secondary N) is 1. The second-order valence-electron chi connectivity index (χ2n) is 6.32. The van der Waals surface area contributed by atoms with Gasteiger partial charge in [0.05, 0.1) is 12.2 Å².